The van der Waals surface area contributed by atoms with Crippen LogP contribution < -0.4 is 24.4 Å². The first-order valence-corrected chi connectivity index (χ1v) is 14.5. The van der Waals surface area contributed by atoms with Gasteiger partial charge in [0, 0.05) is 33.2 Å². The maximum Gasteiger partial charge on any atom is 0.338 e. The van der Waals surface area contributed by atoms with Gasteiger partial charge in [-0.15, -0.1) is 0 Å². The van der Waals surface area contributed by atoms with Gasteiger partial charge in [-0.2, -0.15) is 0 Å². The molecule has 4 aromatic rings. The highest BCUT2D eigenvalue weighted by atomic mass is 79.9. The molecule has 5 rings (SSSR count). The lowest BCUT2D eigenvalue weighted by atomic mass is 9.95. The molecule has 40 heavy (non-hydrogen) atoms. The van der Waals surface area contributed by atoms with Gasteiger partial charge < -0.3 is 18.8 Å². The van der Waals surface area contributed by atoms with Gasteiger partial charge in [-0.3, -0.25) is 9.36 Å². The molecule has 0 unspecified atom stereocenters. The second-order valence-corrected chi connectivity index (χ2v) is 11.5. The molecule has 1 aliphatic heterocycles. The van der Waals surface area contributed by atoms with Crippen molar-refractivity contribution >= 4 is 50.2 Å². The highest BCUT2D eigenvalue weighted by Crippen LogP contribution is 2.40. The molecule has 3 heterocycles. The Kier molecular flexibility index (Phi) is 7.74. The Morgan fingerprint density at radius 3 is 2.55 bits per heavy atom. The lowest BCUT2D eigenvalue weighted by molar-refractivity contribution is -0.139. The summed E-state index contributed by atoms with van der Waals surface area (Å²) in [5, 5.41) is 1.06. The van der Waals surface area contributed by atoms with E-state index < -0.39 is 12.0 Å². The number of esters is 1. The van der Waals surface area contributed by atoms with Crippen LogP contribution in [0.1, 0.15) is 50.9 Å². The summed E-state index contributed by atoms with van der Waals surface area (Å²) < 4.78 is 21.4. The van der Waals surface area contributed by atoms with Crippen LogP contribution >= 0.6 is 27.3 Å². The van der Waals surface area contributed by atoms with Crippen molar-refractivity contribution in [3.8, 4) is 11.5 Å². The molecule has 10 heteroatoms. The molecule has 208 valence electrons. The molecule has 2 aromatic carbocycles. The number of nitrogens with zero attached hydrogens (tertiary/aromatic N) is 3. The third kappa shape index (κ3) is 4.69. The van der Waals surface area contributed by atoms with Gasteiger partial charge in [-0.25, -0.2) is 9.79 Å². The number of methoxy groups -OCH3 is 2. The van der Waals surface area contributed by atoms with E-state index in [1.807, 2.05) is 18.2 Å². The van der Waals surface area contributed by atoms with Gasteiger partial charge >= 0.3 is 5.97 Å². The number of hydrogen-bond donors (Lipinski definition) is 0. The van der Waals surface area contributed by atoms with Crippen molar-refractivity contribution in [2.75, 3.05) is 20.8 Å². The van der Waals surface area contributed by atoms with Gasteiger partial charge in [0.05, 0.1) is 42.7 Å². The Hall–Kier alpha value is -3.63. The fraction of sp³-hybridized carbons (Fsp3) is 0.300. The quantitative estimate of drug-likeness (QED) is 0.267. The van der Waals surface area contributed by atoms with E-state index in [2.05, 4.69) is 52.7 Å². The maximum absolute atomic E-state index is 14.1. The first-order valence-electron chi connectivity index (χ1n) is 12.9. The van der Waals surface area contributed by atoms with Crippen LogP contribution in [0, 0.1) is 0 Å². The van der Waals surface area contributed by atoms with Crippen molar-refractivity contribution in [2.45, 2.75) is 39.8 Å². The van der Waals surface area contributed by atoms with E-state index in [-0.39, 0.29) is 18.2 Å². The van der Waals surface area contributed by atoms with Gasteiger partial charge in [0.25, 0.3) is 5.56 Å². The zero-order chi connectivity index (χ0) is 28.7. The minimum atomic E-state index is -0.788. The average molecular weight is 625 g/mol. The van der Waals surface area contributed by atoms with Crippen LogP contribution in [0.2, 0.25) is 0 Å². The molecule has 0 N–H and O–H groups in total. The van der Waals surface area contributed by atoms with E-state index in [9.17, 15) is 9.59 Å². The van der Waals surface area contributed by atoms with E-state index in [0.29, 0.717) is 42.1 Å². The minimum Gasteiger partial charge on any atom is -0.493 e. The summed E-state index contributed by atoms with van der Waals surface area (Å²) in [5.74, 6) is 0.470. The Morgan fingerprint density at radius 1 is 1.18 bits per heavy atom. The molecule has 1 atom stereocenters. The van der Waals surface area contributed by atoms with Crippen LogP contribution in [-0.2, 0) is 9.53 Å². The average Bonchev–Trinajstić information content (AvgIpc) is 3.45. The Labute approximate surface area is 244 Å². The van der Waals surface area contributed by atoms with Gasteiger partial charge in [-0.1, -0.05) is 45.5 Å². The van der Waals surface area contributed by atoms with Crippen molar-refractivity contribution < 1.29 is 19.0 Å². The molecule has 0 saturated heterocycles. The number of fused-ring (bicyclic) bond motifs is 2. The van der Waals surface area contributed by atoms with Crippen molar-refractivity contribution in [1.29, 1.82) is 0 Å². The van der Waals surface area contributed by atoms with Crippen LogP contribution in [0.15, 0.2) is 68.1 Å². The molecule has 0 bridgehead atoms. The SMILES string of the molecule is CCOC(=O)C1=C(C)N=c2s/c(=C\c3cn(C(C)C)c4ccccc34)c(=O)n2[C@@H]1c1cc(OC)c(OC)cc1Br. The third-order valence-corrected chi connectivity index (χ3v) is 8.60. The number of carbonyl (C=O) groups is 1. The number of hydrogen-bond acceptors (Lipinski definition) is 7. The van der Waals surface area contributed by atoms with Crippen molar-refractivity contribution in [1.82, 2.24) is 9.13 Å². The first kappa shape index (κ1) is 27.9. The van der Waals surface area contributed by atoms with Gasteiger partial charge in [0.15, 0.2) is 16.3 Å². The Bertz CT molecular complexity index is 1850. The topological polar surface area (TPSA) is 84.1 Å². The van der Waals surface area contributed by atoms with Crippen LogP contribution in [0.3, 0.4) is 0 Å². The zero-order valence-corrected chi connectivity index (χ0v) is 25.6. The smallest absolute Gasteiger partial charge is 0.338 e. The number of para-hydroxylation sites is 1. The number of aromatic nitrogens is 2. The second-order valence-electron chi connectivity index (χ2n) is 9.63. The molecule has 0 aliphatic carbocycles. The van der Waals surface area contributed by atoms with Crippen LogP contribution in [0.25, 0.3) is 17.0 Å². The van der Waals surface area contributed by atoms with E-state index in [1.165, 1.54) is 11.3 Å². The summed E-state index contributed by atoms with van der Waals surface area (Å²) in [5.41, 5.74) is 3.24. The van der Waals surface area contributed by atoms with Gasteiger partial charge in [0.1, 0.15) is 0 Å². The van der Waals surface area contributed by atoms with E-state index in [0.717, 1.165) is 16.5 Å². The largest absolute Gasteiger partial charge is 0.493 e. The fourth-order valence-electron chi connectivity index (χ4n) is 5.08. The van der Waals surface area contributed by atoms with Crippen LogP contribution in [0.5, 0.6) is 11.5 Å². The molecular formula is C30H30BrN3O5S. The number of allylic oxidation sites excluding steroid dienone is 1. The number of ether oxygens (including phenoxy) is 3. The molecule has 0 saturated carbocycles. The zero-order valence-electron chi connectivity index (χ0n) is 23.1. The Balaban J connectivity index is 1.79. The molecule has 0 fully saturated rings. The minimum absolute atomic E-state index is 0.194. The molecular weight excluding hydrogens is 594 g/mol. The summed E-state index contributed by atoms with van der Waals surface area (Å²) >= 11 is 4.94. The monoisotopic (exact) mass is 623 g/mol. The predicted octanol–water partition coefficient (Wildman–Crippen LogP) is 5.11. The summed E-state index contributed by atoms with van der Waals surface area (Å²) in [6.07, 6.45) is 3.99. The fourth-order valence-corrected chi connectivity index (χ4v) is 6.66. The second kappa shape index (κ2) is 11.1. The standard InChI is InChI=1S/C30H30BrN3O5S/c1-7-39-29(36)26-17(4)32-30-34(27(26)20-13-23(37-5)24(38-6)14-21(20)31)28(35)25(40-30)12-18-15-33(16(2)3)22-11-9-8-10-19(18)22/h8-16,27H,7H2,1-6H3/b25-12-/t27-/m1/s1. The third-order valence-electron chi connectivity index (χ3n) is 6.93. The lowest BCUT2D eigenvalue weighted by Gasteiger charge is -2.26. The maximum atomic E-state index is 14.1. The molecule has 0 spiro atoms. The van der Waals surface area contributed by atoms with Crippen molar-refractivity contribution in [2.24, 2.45) is 4.99 Å². The number of carbonyl (C=O) groups excluding carboxylic acids is 1. The summed E-state index contributed by atoms with van der Waals surface area (Å²) in [4.78, 5) is 32.6. The highest BCUT2D eigenvalue weighted by Gasteiger charge is 2.35. The normalized spacial score (nSPS) is 15.4. The predicted molar refractivity (Wildman–Crippen MR) is 160 cm³/mol. The number of benzene rings is 2. The highest BCUT2D eigenvalue weighted by molar-refractivity contribution is 9.10. The number of rotatable bonds is 7. The number of halogens is 1. The Morgan fingerprint density at radius 2 is 1.88 bits per heavy atom. The first-order chi connectivity index (χ1) is 19.2. The van der Waals surface area contributed by atoms with E-state index in [1.54, 1.807) is 44.8 Å². The van der Waals surface area contributed by atoms with Crippen molar-refractivity contribution in [3.63, 3.8) is 0 Å². The molecule has 8 nitrogen and oxygen atoms in total. The lowest BCUT2D eigenvalue weighted by Crippen LogP contribution is -2.40. The van der Waals surface area contributed by atoms with Crippen molar-refractivity contribution in [3.05, 3.63) is 89.2 Å². The number of thiazole rings is 1. The van der Waals surface area contributed by atoms with Crippen LogP contribution in [-0.4, -0.2) is 35.9 Å². The summed E-state index contributed by atoms with van der Waals surface area (Å²) in [6.45, 7) is 7.97. The van der Waals surface area contributed by atoms with Crippen LogP contribution in [0.4, 0.5) is 0 Å². The molecule has 1 aliphatic rings. The molecule has 2 aromatic heterocycles. The molecule has 0 amide bonds. The summed E-state index contributed by atoms with van der Waals surface area (Å²) in [6, 6.07) is 11.2. The van der Waals surface area contributed by atoms with E-state index in [4.69, 9.17) is 19.2 Å². The summed E-state index contributed by atoms with van der Waals surface area (Å²) in [7, 11) is 3.10. The molecule has 0 radical (unpaired) electrons. The van der Waals surface area contributed by atoms with Gasteiger partial charge in [-0.05, 0) is 57.5 Å². The van der Waals surface area contributed by atoms with E-state index >= 15 is 0 Å². The van der Waals surface area contributed by atoms with Gasteiger partial charge in [0.2, 0.25) is 0 Å².